The third-order valence-corrected chi connectivity index (χ3v) is 3.20. The Morgan fingerprint density at radius 2 is 1.95 bits per heavy atom. The van der Waals surface area contributed by atoms with Crippen molar-refractivity contribution in [1.29, 1.82) is 0 Å². The lowest BCUT2D eigenvalue weighted by atomic mass is 9.95. The molecule has 110 valence electrons. The van der Waals surface area contributed by atoms with Crippen molar-refractivity contribution in [1.82, 2.24) is 5.32 Å². The van der Waals surface area contributed by atoms with Gasteiger partial charge in [-0.15, -0.1) is 0 Å². The number of ether oxygens (including phenoxy) is 1. The number of hydrogen-bond acceptors (Lipinski definition) is 3. The fourth-order valence-electron chi connectivity index (χ4n) is 2.08. The summed E-state index contributed by atoms with van der Waals surface area (Å²) in [4.78, 5) is 23.6. The summed E-state index contributed by atoms with van der Waals surface area (Å²) in [6.07, 6.45) is 0.206. The van der Waals surface area contributed by atoms with Crippen molar-refractivity contribution >= 4 is 11.9 Å². The van der Waals surface area contributed by atoms with Crippen LogP contribution in [0, 0.1) is 0 Å². The number of benzene rings is 1. The van der Waals surface area contributed by atoms with Gasteiger partial charge in [-0.1, -0.05) is 43.7 Å². The van der Waals surface area contributed by atoms with E-state index in [-0.39, 0.29) is 0 Å². The molecule has 1 amide bonds. The van der Waals surface area contributed by atoms with Gasteiger partial charge in [0.2, 0.25) is 0 Å². The summed E-state index contributed by atoms with van der Waals surface area (Å²) in [6.45, 7) is 3.38. The molecule has 0 aliphatic heterocycles. The molecule has 0 radical (unpaired) electrons. The Hall–Kier alpha value is -1.88. The molecule has 2 N–H and O–H groups in total. The van der Waals surface area contributed by atoms with E-state index >= 15 is 0 Å². The first-order chi connectivity index (χ1) is 9.44. The summed E-state index contributed by atoms with van der Waals surface area (Å²) in [5.74, 6) is -1.49. The van der Waals surface area contributed by atoms with Crippen molar-refractivity contribution in [3.63, 3.8) is 0 Å². The lowest BCUT2D eigenvalue weighted by molar-refractivity contribution is -0.149. The molecule has 2 atom stereocenters. The van der Waals surface area contributed by atoms with Gasteiger partial charge in [0.25, 0.3) is 5.91 Å². The van der Waals surface area contributed by atoms with Crippen molar-refractivity contribution in [2.75, 3.05) is 7.11 Å². The van der Waals surface area contributed by atoms with Crippen LogP contribution in [0.3, 0.4) is 0 Å². The van der Waals surface area contributed by atoms with Crippen molar-refractivity contribution in [3.05, 3.63) is 35.9 Å². The molecule has 0 saturated carbocycles. The van der Waals surface area contributed by atoms with Crippen LogP contribution in [0.5, 0.6) is 0 Å². The molecule has 0 aliphatic carbocycles. The predicted molar refractivity (Wildman–Crippen MR) is 75.3 cm³/mol. The van der Waals surface area contributed by atoms with Crippen LogP contribution in [-0.2, 0) is 14.3 Å². The number of aliphatic carboxylic acids is 1. The summed E-state index contributed by atoms with van der Waals surface area (Å²) in [5, 5.41) is 11.9. The number of nitrogens with one attached hydrogen (secondary N) is 1. The molecule has 5 heteroatoms. The zero-order chi connectivity index (χ0) is 15.2. The number of amides is 1. The van der Waals surface area contributed by atoms with Gasteiger partial charge in [-0.25, -0.2) is 4.79 Å². The number of hydrogen-bond donors (Lipinski definition) is 2. The molecule has 0 aliphatic rings. The maximum Gasteiger partial charge on any atom is 0.329 e. The van der Waals surface area contributed by atoms with Gasteiger partial charge >= 0.3 is 5.97 Å². The molecule has 0 spiro atoms. The van der Waals surface area contributed by atoms with Crippen LogP contribution in [0.25, 0.3) is 0 Å². The Morgan fingerprint density at radius 3 is 2.40 bits per heavy atom. The largest absolute Gasteiger partial charge is 0.480 e. The first-order valence-corrected chi connectivity index (χ1v) is 6.57. The van der Waals surface area contributed by atoms with E-state index in [4.69, 9.17) is 4.74 Å². The molecule has 5 nitrogen and oxygen atoms in total. The molecule has 1 aromatic carbocycles. The van der Waals surface area contributed by atoms with E-state index in [1.54, 1.807) is 24.3 Å². The first kappa shape index (κ1) is 16.2. The van der Waals surface area contributed by atoms with Crippen LogP contribution >= 0.6 is 0 Å². The topological polar surface area (TPSA) is 75.6 Å². The van der Waals surface area contributed by atoms with Gasteiger partial charge in [0.05, 0.1) is 0 Å². The number of rotatable bonds is 7. The Morgan fingerprint density at radius 1 is 1.35 bits per heavy atom. The molecule has 1 aromatic rings. The highest BCUT2D eigenvalue weighted by Crippen LogP contribution is 2.20. The number of methoxy groups -OCH3 is 1. The standard InChI is InChI=1S/C15H21NO4/c1-4-10-15(2,14(18)19)16-13(17)12(20-3)11-8-6-5-7-9-11/h5-9,12H,4,10H2,1-3H3,(H,16,17)(H,18,19)/t12-,15?/m1/s1. The quantitative estimate of drug-likeness (QED) is 0.801. The van der Waals surface area contributed by atoms with Crippen molar-refractivity contribution in [3.8, 4) is 0 Å². The molecule has 20 heavy (non-hydrogen) atoms. The van der Waals surface area contributed by atoms with Gasteiger partial charge in [-0.2, -0.15) is 0 Å². The first-order valence-electron chi connectivity index (χ1n) is 6.57. The minimum absolute atomic E-state index is 0.360. The van der Waals surface area contributed by atoms with Crippen molar-refractivity contribution in [2.45, 2.75) is 38.3 Å². The Bertz CT molecular complexity index is 460. The summed E-state index contributed by atoms with van der Waals surface area (Å²) in [5.41, 5.74) is -0.589. The molecule has 0 aromatic heterocycles. The summed E-state index contributed by atoms with van der Waals surface area (Å²) in [7, 11) is 1.43. The van der Waals surface area contributed by atoms with E-state index < -0.39 is 23.5 Å². The minimum atomic E-state index is -1.28. The molecule has 0 bridgehead atoms. The summed E-state index contributed by atoms with van der Waals surface area (Å²) in [6, 6.07) is 8.98. The second-order valence-corrected chi connectivity index (χ2v) is 4.90. The second-order valence-electron chi connectivity index (χ2n) is 4.90. The average molecular weight is 279 g/mol. The number of carbonyl (C=O) groups is 2. The molecule has 1 rings (SSSR count). The molecule has 0 saturated heterocycles. The van der Waals surface area contributed by atoms with E-state index in [0.717, 1.165) is 0 Å². The highest BCUT2D eigenvalue weighted by Gasteiger charge is 2.36. The fourth-order valence-corrected chi connectivity index (χ4v) is 2.08. The highest BCUT2D eigenvalue weighted by molar-refractivity contribution is 5.89. The van der Waals surface area contributed by atoms with Gasteiger partial charge in [0.1, 0.15) is 5.54 Å². The maximum absolute atomic E-state index is 12.3. The fraction of sp³-hybridized carbons (Fsp3) is 0.467. The van der Waals surface area contributed by atoms with Crippen LogP contribution in [0.2, 0.25) is 0 Å². The van der Waals surface area contributed by atoms with Gasteiger partial charge in [0, 0.05) is 7.11 Å². The average Bonchev–Trinajstić information content (AvgIpc) is 2.40. The van der Waals surface area contributed by atoms with E-state index in [9.17, 15) is 14.7 Å². The van der Waals surface area contributed by atoms with Crippen LogP contribution in [0.4, 0.5) is 0 Å². The van der Waals surface area contributed by atoms with E-state index in [1.165, 1.54) is 14.0 Å². The zero-order valence-corrected chi connectivity index (χ0v) is 12.1. The van der Waals surface area contributed by atoms with Crippen LogP contribution < -0.4 is 5.32 Å². The summed E-state index contributed by atoms with van der Waals surface area (Å²) >= 11 is 0. The Labute approximate surface area is 118 Å². The number of carboxylic acids is 1. The van der Waals surface area contributed by atoms with Crippen LogP contribution in [0.1, 0.15) is 38.4 Å². The predicted octanol–water partition coefficient (Wildman–Crippen LogP) is 2.13. The smallest absolute Gasteiger partial charge is 0.329 e. The van der Waals surface area contributed by atoms with E-state index in [0.29, 0.717) is 18.4 Å². The molecule has 1 unspecified atom stereocenters. The third kappa shape index (κ3) is 3.81. The molecular formula is C15H21NO4. The monoisotopic (exact) mass is 279 g/mol. The highest BCUT2D eigenvalue weighted by atomic mass is 16.5. The molecule has 0 heterocycles. The van der Waals surface area contributed by atoms with E-state index in [2.05, 4.69) is 5.32 Å². The Kier molecular flexibility index (Phi) is 5.70. The SMILES string of the molecule is CCCC(C)(NC(=O)[C@H](OC)c1ccccc1)C(=O)O. The van der Waals surface area contributed by atoms with Crippen LogP contribution in [0.15, 0.2) is 30.3 Å². The third-order valence-electron chi connectivity index (χ3n) is 3.20. The normalized spacial score (nSPS) is 15.2. The van der Waals surface area contributed by atoms with Gasteiger partial charge < -0.3 is 15.2 Å². The minimum Gasteiger partial charge on any atom is -0.480 e. The Balaban J connectivity index is 2.90. The van der Waals surface area contributed by atoms with Crippen molar-refractivity contribution < 1.29 is 19.4 Å². The molecule has 0 fully saturated rings. The van der Waals surface area contributed by atoms with Crippen LogP contribution in [-0.4, -0.2) is 29.6 Å². The van der Waals surface area contributed by atoms with E-state index in [1.807, 2.05) is 13.0 Å². The molecular weight excluding hydrogens is 258 g/mol. The summed E-state index contributed by atoms with van der Waals surface area (Å²) < 4.78 is 5.20. The second kappa shape index (κ2) is 7.05. The zero-order valence-electron chi connectivity index (χ0n) is 12.1. The van der Waals surface area contributed by atoms with Crippen molar-refractivity contribution in [2.24, 2.45) is 0 Å². The number of carbonyl (C=O) groups excluding carboxylic acids is 1. The van der Waals surface area contributed by atoms with Gasteiger partial charge in [0.15, 0.2) is 6.10 Å². The van der Waals surface area contributed by atoms with Gasteiger partial charge in [-0.05, 0) is 18.9 Å². The maximum atomic E-state index is 12.3. The lowest BCUT2D eigenvalue weighted by Gasteiger charge is -2.28. The number of carboxylic acid groups (broad SMARTS) is 1. The van der Waals surface area contributed by atoms with Gasteiger partial charge in [-0.3, -0.25) is 4.79 Å². The lowest BCUT2D eigenvalue weighted by Crippen LogP contribution is -2.53.